The van der Waals surface area contributed by atoms with E-state index in [4.69, 9.17) is 0 Å². The highest BCUT2D eigenvalue weighted by molar-refractivity contribution is 5.52. The second-order valence-electron chi connectivity index (χ2n) is 4.73. The second kappa shape index (κ2) is 5.13. The number of nitrogens with zero attached hydrogens (tertiary/aromatic N) is 5. The van der Waals surface area contributed by atoms with Gasteiger partial charge < -0.3 is 20.1 Å². The van der Waals surface area contributed by atoms with Crippen molar-refractivity contribution >= 4 is 23.7 Å². The van der Waals surface area contributed by atoms with E-state index in [1.807, 2.05) is 57.0 Å². The maximum absolute atomic E-state index is 4.37. The molecule has 7 nitrogen and oxygen atoms in total. The van der Waals surface area contributed by atoms with Gasteiger partial charge in [-0.05, 0) is 19.1 Å². The van der Waals surface area contributed by atoms with E-state index in [2.05, 4.69) is 25.3 Å². The molecule has 0 saturated carbocycles. The largest absolute Gasteiger partial charge is 0.347 e. The Hall–Kier alpha value is -2.31. The molecule has 0 aliphatic carbocycles. The van der Waals surface area contributed by atoms with Gasteiger partial charge in [0.2, 0.25) is 17.8 Å². The first kappa shape index (κ1) is 13.1. The van der Waals surface area contributed by atoms with Crippen molar-refractivity contribution in [1.82, 2.24) is 19.9 Å². The lowest BCUT2D eigenvalue weighted by Crippen LogP contribution is -2.19. The Morgan fingerprint density at radius 1 is 0.947 bits per heavy atom. The van der Waals surface area contributed by atoms with Crippen LogP contribution in [0.15, 0.2) is 12.1 Å². The Morgan fingerprint density at radius 3 is 1.95 bits per heavy atom. The lowest BCUT2D eigenvalue weighted by molar-refractivity contribution is 0.919. The summed E-state index contributed by atoms with van der Waals surface area (Å²) in [7, 11) is 7.60. The molecule has 0 spiro atoms. The molecule has 0 bridgehead atoms. The van der Waals surface area contributed by atoms with E-state index in [-0.39, 0.29) is 0 Å². The number of aromatic amines is 1. The van der Waals surface area contributed by atoms with Crippen molar-refractivity contribution in [3.8, 4) is 0 Å². The number of H-pyrrole nitrogens is 1. The third-order valence-electron chi connectivity index (χ3n) is 2.49. The van der Waals surface area contributed by atoms with E-state index in [1.54, 1.807) is 0 Å². The minimum Gasteiger partial charge on any atom is -0.347 e. The van der Waals surface area contributed by atoms with Crippen molar-refractivity contribution < 1.29 is 0 Å². The zero-order chi connectivity index (χ0) is 14.0. The molecule has 0 saturated heterocycles. The smallest absolute Gasteiger partial charge is 0.234 e. The Bertz CT molecular complexity index is 533. The standard InChI is InChI=1S/C12H19N7/c1-8-6-7-9(13-8)14-10-15-11(18(2)3)17-12(16-10)19(4)5/h6-7,13H,1-5H3,(H,14,15,16,17). The van der Waals surface area contributed by atoms with Crippen LogP contribution in [-0.4, -0.2) is 48.1 Å². The first-order chi connectivity index (χ1) is 8.95. The van der Waals surface area contributed by atoms with E-state index in [9.17, 15) is 0 Å². The van der Waals surface area contributed by atoms with Crippen molar-refractivity contribution in [3.63, 3.8) is 0 Å². The Morgan fingerprint density at radius 2 is 1.53 bits per heavy atom. The Balaban J connectivity index is 2.33. The number of anilines is 4. The lowest BCUT2D eigenvalue weighted by Gasteiger charge is -2.16. The van der Waals surface area contributed by atoms with Gasteiger partial charge in [-0.2, -0.15) is 15.0 Å². The molecule has 2 N–H and O–H groups in total. The molecular weight excluding hydrogens is 242 g/mol. The van der Waals surface area contributed by atoms with Crippen molar-refractivity contribution in [1.29, 1.82) is 0 Å². The highest BCUT2D eigenvalue weighted by atomic mass is 15.3. The molecule has 0 aliphatic rings. The third-order valence-corrected chi connectivity index (χ3v) is 2.49. The SMILES string of the molecule is Cc1ccc(Nc2nc(N(C)C)nc(N(C)C)n2)[nH]1. The molecule has 2 rings (SSSR count). The van der Waals surface area contributed by atoms with E-state index >= 15 is 0 Å². The van der Waals surface area contributed by atoms with Crippen molar-refractivity contribution in [2.45, 2.75) is 6.92 Å². The van der Waals surface area contributed by atoms with Crippen LogP contribution in [0.4, 0.5) is 23.7 Å². The fraction of sp³-hybridized carbons (Fsp3) is 0.417. The number of aryl methyl sites for hydroxylation is 1. The van der Waals surface area contributed by atoms with Crippen LogP contribution >= 0.6 is 0 Å². The highest BCUT2D eigenvalue weighted by Gasteiger charge is 2.10. The van der Waals surface area contributed by atoms with Crippen LogP contribution in [0.25, 0.3) is 0 Å². The molecule has 2 aromatic rings. The maximum Gasteiger partial charge on any atom is 0.234 e. The number of hydrogen-bond acceptors (Lipinski definition) is 6. The topological polar surface area (TPSA) is 73.0 Å². The lowest BCUT2D eigenvalue weighted by atomic mass is 10.5. The monoisotopic (exact) mass is 261 g/mol. The van der Waals surface area contributed by atoms with Crippen LogP contribution in [0.5, 0.6) is 0 Å². The molecule has 2 aromatic heterocycles. The van der Waals surface area contributed by atoms with Crippen molar-refractivity contribution in [2.24, 2.45) is 0 Å². The van der Waals surface area contributed by atoms with Gasteiger partial charge in [0.25, 0.3) is 0 Å². The first-order valence-electron chi connectivity index (χ1n) is 5.99. The highest BCUT2D eigenvalue weighted by Crippen LogP contribution is 2.17. The summed E-state index contributed by atoms with van der Waals surface area (Å²) in [4.78, 5) is 20.0. The first-order valence-corrected chi connectivity index (χ1v) is 5.99. The summed E-state index contributed by atoms with van der Waals surface area (Å²) in [5.41, 5.74) is 1.08. The van der Waals surface area contributed by atoms with E-state index < -0.39 is 0 Å². The molecule has 0 amide bonds. The maximum atomic E-state index is 4.37. The average Bonchev–Trinajstić information content (AvgIpc) is 2.74. The average molecular weight is 261 g/mol. The van der Waals surface area contributed by atoms with Crippen LogP contribution in [-0.2, 0) is 0 Å². The van der Waals surface area contributed by atoms with Gasteiger partial charge >= 0.3 is 0 Å². The van der Waals surface area contributed by atoms with Crippen LogP contribution in [0.1, 0.15) is 5.69 Å². The summed E-state index contributed by atoms with van der Waals surface area (Å²) in [6, 6.07) is 3.94. The van der Waals surface area contributed by atoms with Gasteiger partial charge in [-0.15, -0.1) is 0 Å². The molecule has 2 heterocycles. The van der Waals surface area contributed by atoms with Crippen LogP contribution in [0.2, 0.25) is 0 Å². The molecule has 0 fully saturated rings. The minimum atomic E-state index is 0.518. The predicted octanol–water partition coefficient (Wildman–Crippen LogP) is 1.38. The summed E-state index contributed by atoms with van der Waals surface area (Å²) in [5, 5.41) is 3.14. The molecule has 102 valence electrons. The van der Waals surface area contributed by atoms with Gasteiger partial charge in [0.1, 0.15) is 5.82 Å². The summed E-state index contributed by atoms with van der Waals surface area (Å²) in [6.07, 6.45) is 0. The molecule has 7 heteroatoms. The van der Waals surface area contributed by atoms with Crippen LogP contribution < -0.4 is 15.1 Å². The number of hydrogen-bond donors (Lipinski definition) is 2. The quantitative estimate of drug-likeness (QED) is 0.866. The second-order valence-corrected chi connectivity index (χ2v) is 4.73. The molecule has 0 atom stereocenters. The normalized spacial score (nSPS) is 10.4. The third kappa shape index (κ3) is 3.12. The van der Waals surface area contributed by atoms with Gasteiger partial charge in [0.05, 0.1) is 0 Å². The molecule has 0 unspecified atom stereocenters. The van der Waals surface area contributed by atoms with Gasteiger partial charge in [-0.3, -0.25) is 0 Å². The fourth-order valence-electron chi connectivity index (χ4n) is 1.51. The summed E-state index contributed by atoms with van der Waals surface area (Å²) in [5.74, 6) is 2.61. The van der Waals surface area contributed by atoms with Crippen LogP contribution in [0.3, 0.4) is 0 Å². The summed E-state index contributed by atoms with van der Waals surface area (Å²) >= 11 is 0. The fourth-order valence-corrected chi connectivity index (χ4v) is 1.51. The zero-order valence-corrected chi connectivity index (χ0v) is 11.9. The Labute approximate surface area is 112 Å². The molecule has 0 aromatic carbocycles. The minimum absolute atomic E-state index is 0.518. The number of nitrogens with one attached hydrogen (secondary N) is 2. The molecule has 19 heavy (non-hydrogen) atoms. The number of aromatic nitrogens is 4. The number of rotatable bonds is 4. The summed E-state index contributed by atoms with van der Waals surface area (Å²) in [6.45, 7) is 2.00. The molecule has 0 aliphatic heterocycles. The summed E-state index contributed by atoms with van der Waals surface area (Å²) < 4.78 is 0. The van der Waals surface area contributed by atoms with Crippen molar-refractivity contribution in [3.05, 3.63) is 17.8 Å². The van der Waals surface area contributed by atoms with Gasteiger partial charge in [0.15, 0.2) is 0 Å². The van der Waals surface area contributed by atoms with E-state index in [1.165, 1.54) is 0 Å². The molecule has 0 radical (unpaired) electrons. The predicted molar refractivity (Wildman–Crippen MR) is 77.3 cm³/mol. The van der Waals surface area contributed by atoms with Crippen molar-refractivity contribution in [2.75, 3.05) is 43.3 Å². The molecular formula is C12H19N7. The van der Waals surface area contributed by atoms with Gasteiger partial charge in [-0.1, -0.05) is 0 Å². The Kier molecular flexibility index (Phi) is 3.55. The van der Waals surface area contributed by atoms with Gasteiger partial charge in [0, 0.05) is 33.9 Å². The van der Waals surface area contributed by atoms with E-state index in [0.717, 1.165) is 11.5 Å². The van der Waals surface area contributed by atoms with Crippen LogP contribution in [0, 0.1) is 6.92 Å². The van der Waals surface area contributed by atoms with Gasteiger partial charge in [-0.25, -0.2) is 0 Å². The van der Waals surface area contributed by atoms with E-state index in [0.29, 0.717) is 17.8 Å². The zero-order valence-electron chi connectivity index (χ0n) is 11.9.